The summed E-state index contributed by atoms with van der Waals surface area (Å²) in [6.07, 6.45) is 1.61. The normalized spacial score (nSPS) is 12.4. The molecule has 0 fully saturated rings. The Kier molecular flexibility index (Phi) is 5.97. The number of carbonyl (C=O) groups is 1. The molecule has 0 saturated heterocycles. The second kappa shape index (κ2) is 8.30. The molecule has 0 aliphatic heterocycles. The van der Waals surface area contributed by atoms with Crippen molar-refractivity contribution in [1.29, 1.82) is 0 Å². The molecule has 0 unspecified atom stereocenters. The van der Waals surface area contributed by atoms with E-state index in [0.29, 0.717) is 16.9 Å². The lowest BCUT2D eigenvalue weighted by Gasteiger charge is -2.11. The molecule has 0 radical (unpaired) electrons. The van der Waals surface area contributed by atoms with Crippen molar-refractivity contribution in [2.24, 2.45) is 4.99 Å². The Morgan fingerprint density at radius 2 is 1.93 bits per heavy atom. The average molecular weight is 447 g/mol. The number of allylic oxidation sites excluding steroid dienone is 1. The van der Waals surface area contributed by atoms with Crippen molar-refractivity contribution < 1.29 is 18.1 Å². The van der Waals surface area contributed by atoms with Crippen LogP contribution < -0.4 is 4.80 Å². The van der Waals surface area contributed by atoms with E-state index in [1.807, 2.05) is 0 Å². The molecule has 1 amide bonds. The van der Waals surface area contributed by atoms with Gasteiger partial charge in [0.2, 0.25) is 10.0 Å². The summed E-state index contributed by atoms with van der Waals surface area (Å²) in [5.41, 5.74) is 0.739. The number of nitro groups is 1. The molecule has 1 aromatic heterocycles. The molecule has 0 saturated carbocycles. The minimum Gasteiger partial charge on any atom is -0.312 e. The molecule has 0 spiro atoms. The summed E-state index contributed by atoms with van der Waals surface area (Å²) in [5, 5.41) is 11.1. The molecule has 30 heavy (non-hydrogen) atoms. The van der Waals surface area contributed by atoms with Crippen LogP contribution in [0.3, 0.4) is 0 Å². The number of nitrogens with zero attached hydrogens (tertiary/aromatic N) is 4. The van der Waals surface area contributed by atoms with Gasteiger partial charge in [-0.3, -0.25) is 14.9 Å². The van der Waals surface area contributed by atoms with Gasteiger partial charge in [0, 0.05) is 38.3 Å². The summed E-state index contributed by atoms with van der Waals surface area (Å²) in [6, 6.07) is 9.94. The van der Waals surface area contributed by atoms with Crippen molar-refractivity contribution in [3.05, 3.63) is 75.6 Å². The number of nitro benzene ring substituents is 1. The van der Waals surface area contributed by atoms with E-state index in [9.17, 15) is 23.3 Å². The number of aromatic nitrogens is 1. The lowest BCUT2D eigenvalue weighted by Crippen LogP contribution is -2.22. The highest BCUT2D eigenvalue weighted by Crippen LogP contribution is 2.23. The van der Waals surface area contributed by atoms with Crippen LogP contribution in [0.5, 0.6) is 0 Å². The minimum absolute atomic E-state index is 0.0614. The largest absolute Gasteiger partial charge is 0.312 e. The Bertz CT molecular complexity index is 1320. The first-order valence-electron chi connectivity index (χ1n) is 8.65. The Labute approximate surface area is 176 Å². The smallest absolute Gasteiger partial charge is 0.279 e. The van der Waals surface area contributed by atoms with E-state index in [-0.39, 0.29) is 16.1 Å². The highest BCUT2D eigenvalue weighted by atomic mass is 32.2. The van der Waals surface area contributed by atoms with Crippen molar-refractivity contribution in [2.75, 3.05) is 14.1 Å². The van der Waals surface area contributed by atoms with Crippen LogP contribution in [0.4, 0.5) is 5.69 Å². The summed E-state index contributed by atoms with van der Waals surface area (Å²) in [5.74, 6) is -0.553. The summed E-state index contributed by atoms with van der Waals surface area (Å²) in [4.78, 5) is 27.8. The highest BCUT2D eigenvalue weighted by Gasteiger charge is 2.18. The van der Waals surface area contributed by atoms with Gasteiger partial charge in [0.1, 0.15) is 0 Å². The van der Waals surface area contributed by atoms with Gasteiger partial charge in [-0.1, -0.05) is 17.4 Å². The van der Waals surface area contributed by atoms with E-state index in [1.165, 1.54) is 61.8 Å². The van der Waals surface area contributed by atoms with Gasteiger partial charge in [-0.2, -0.15) is 4.99 Å². The van der Waals surface area contributed by atoms with Gasteiger partial charge in [-0.25, -0.2) is 12.7 Å². The van der Waals surface area contributed by atoms with Gasteiger partial charge in [-0.05, 0) is 30.3 Å². The molecule has 3 rings (SSSR count). The summed E-state index contributed by atoms with van der Waals surface area (Å²) in [7, 11) is -0.749. The maximum absolute atomic E-state index is 12.7. The van der Waals surface area contributed by atoms with Crippen molar-refractivity contribution in [1.82, 2.24) is 8.87 Å². The molecule has 3 aromatic rings. The van der Waals surface area contributed by atoms with Crippen molar-refractivity contribution in [3.8, 4) is 0 Å². The first-order chi connectivity index (χ1) is 14.1. The predicted molar refractivity (Wildman–Crippen MR) is 114 cm³/mol. The molecule has 0 aliphatic carbocycles. The predicted octanol–water partition coefficient (Wildman–Crippen LogP) is 2.79. The topological polar surface area (TPSA) is 115 Å². The fourth-order valence-corrected chi connectivity index (χ4v) is 4.61. The maximum atomic E-state index is 12.7. The van der Waals surface area contributed by atoms with Gasteiger partial charge < -0.3 is 4.57 Å². The molecular formula is C19H18N4O5S2. The standard InChI is InChI=1S/C19H18N4O5S2/c1-4-11-22-16-12-14(23(25)26)7-10-17(16)29-19(22)20-18(24)13-5-8-15(9-6-13)30(27,28)21(2)3/h4-10,12H,1,11H2,2-3H3. The molecule has 9 nitrogen and oxygen atoms in total. The van der Waals surface area contributed by atoms with Gasteiger partial charge in [0.05, 0.1) is 20.0 Å². The third-order valence-electron chi connectivity index (χ3n) is 4.26. The maximum Gasteiger partial charge on any atom is 0.279 e. The number of hydrogen-bond acceptors (Lipinski definition) is 6. The van der Waals surface area contributed by atoms with Gasteiger partial charge >= 0.3 is 0 Å². The van der Waals surface area contributed by atoms with Crippen molar-refractivity contribution in [2.45, 2.75) is 11.4 Å². The van der Waals surface area contributed by atoms with E-state index >= 15 is 0 Å². The number of benzene rings is 2. The number of non-ortho nitro benzene ring substituents is 1. The molecule has 0 N–H and O–H groups in total. The minimum atomic E-state index is -3.60. The molecule has 1 heterocycles. The lowest BCUT2D eigenvalue weighted by atomic mass is 10.2. The van der Waals surface area contributed by atoms with Crippen LogP contribution in [0, 0.1) is 10.1 Å². The molecule has 156 valence electrons. The summed E-state index contributed by atoms with van der Waals surface area (Å²) in [6.45, 7) is 4.00. The number of rotatable bonds is 6. The SMILES string of the molecule is C=CCn1c(=NC(=O)c2ccc(S(=O)(=O)N(C)C)cc2)sc2ccc([N+](=O)[O-])cc21. The van der Waals surface area contributed by atoms with Crippen LogP contribution in [0.1, 0.15) is 10.4 Å². The third kappa shape index (κ3) is 4.08. The van der Waals surface area contributed by atoms with E-state index in [2.05, 4.69) is 11.6 Å². The van der Waals surface area contributed by atoms with Crippen LogP contribution >= 0.6 is 11.3 Å². The zero-order chi connectivity index (χ0) is 22.1. The molecule has 2 aromatic carbocycles. The van der Waals surface area contributed by atoms with Crippen LogP contribution in [-0.2, 0) is 16.6 Å². The van der Waals surface area contributed by atoms with Crippen molar-refractivity contribution in [3.63, 3.8) is 0 Å². The fourth-order valence-electron chi connectivity index (χ4n) is 2.69. The zero-order valence-electron chi connectivity index (χ0n) is 16.2. The van der Waals surface area contributed by atoms with Gasteiger partial charge in [-0.15, -0.1) is 6.58 Å². The number of amides is 1. The van der Waals surface area contributed by atoms with Crippen LogP contribution in [0.15, 0.2) is 65.0 Å². The number of fused-ring (bicyclic) bond motifs is 1. The lowest BCUT2D eigenvalue weighted by molar-refractivity contribution is -0.384. The van der Waals surface area contributed by atoms with Crippen molar-refractivity contribution >= 4 is 43.2 Å². The Morgan fingerprint density at radius 1 is 1.27 bits per heavy atom. The fraction of sp³-hybridized carbons (Fsp3) is 0.158. The van der Waals surface area contributed by atoms with E-state index in [1.54, 1.807) is 16.7 Å². The number of hydrogen-bond donors (Lipinski definition) is 0. The van der Waals surface area contributed by atoms with Crippen LogP contribution in [0.25, 0.3) is 10.2 Å². The van der Waals surface area contributed by atoms with Crippen LogP contribution in [-0.4, -0.2) is 42.2 Å². The Hall–Kier alpha value is -3.15. The highest BCUT2D eigenvalue weighted by molar-refractivity contribution is 7.89. The first-order valence-corrected chi connectivity index (χ1v) is 10.9. The first kappa shape index (κ1) is 21.6. The van der Waals surface area contributed by atoms with E-state index < -0.39 is 20.9 Å². The van der Waals surface area contributed by atoms with E-state index in [4.69, 9.17) is 0 Å². The van der Waals surface area contributed by atoms with E-state index in [0.717, 1.165) is 9.01 Å². The molecule has 11 heteroatoms. The summed E-state index contributed by atoms with van der Waals surface area (Å²) >= 11 is 1.22. The number of sulfonamides is 1. The molecule has 0 atom stereocenters. The summed E-state index contributed by atoms with van der Waals surface area (Å²) < 4.78 is 27.8. The molecule has 0 bridgehead atoms. The third-order valence-corrected chi connectivity index (χ3v) is 7.15. The Balaban J connectivity index is 2.05. The number of carbonyl (C=O) groups excluding carboxylic acids is 1. The number of thiazole rings is 1. The zero-order valence-corrected chi connectivity index (χ0v) is 17.8. The quantitative estimate of drug-likeness (QED) is 0.328. The monoisotopic (exact) mass is 446 g/mol. The second-order valence-electron chi connectivity index (χ2n) is 6.42. The second-order valence-corrected chi connectivity index (χ2v) is 9.58. The van der Waals surface area contributed by atoms with Crippen LogP contribution in [0.2, 0.25) is 0 Å². The average Bonchev–Trinajstić information content (AvgIpc) is 3.04. The van der Waals surface area contributed by atoms with Gasteiger partial charge in [0.15, 0.2) is 4.80 Å². The molecule has 0 aliphatic rings. The Morgan fingerprint density at radius 3 is 2.50 bits per heavy atom. The molecular weight excluding hydrogens is 428 g/mol. The van der Waals surface area contributed by atoms with Gasteiger partial charge in [0.25, 0.3) is 11.6 Å².